The predicted molar refractivity (Wildman–Crippen MR) is 42.9 cm³/mol. The summed E-state index contributed by atoms with van der Waals surface area (Å²) in [7, 11) is 1.53. The topological polar surface area (TPSA) is 48.8 Å². The molecule has 11 heavy (non-hydrogen) atoms. The highest BCUT2D eigenvalue weighted by atomic mass is 32.1. The molecule has 1 aromatic rings. The minimum absolute atomic E-state index is 0.409. The van der Waals surface area contributed by atoms with Gasteiger partial charge in [0.2, 0.25) is 0 Å². The van der Waals surface area contributed by atoms with Crippen molar-refractivity contribution in [1.29, 1.82) is 5.26 Å². The molecule has 0 atom stereocenters. The van der Waals surface area contributed by atoms with Crippen LogP contribution in [0.5, 0.6) is 5.88 Å². The molecule has 4 heteroatoms. The van der Waals surface area contributed by atoms with E-state index in [1.54, 1.807) is 12.1 Å². The zero-order chi connectivity index (χ0) is 8.27. The van der Waals surface area contributed by atoms with E-state index in [2.05, 4.69) is 4.98 Å². The first-order valence-electron chi connectivity index (χ1n) is 2.95. The first-order valence-corrected chi connectivity index (χ1v) is 3.36. The second-order valence-electron chi connectivity index (χ2n) is 1.88. The second kappa shape index (κ2) is 3.17. The third-order valence-corrected chi connectivity index (χ3v) is 1.55. The molecule has 0 amide bonds. The standard InChI is InChI=1S/C7H6N2OS/c1-10-6-3-2-5(4-8)7(11)9-6/h2-3H,1H3,(H,9,11). The van der Waals surface area contributed by atoms with Crippen molar-refractivity contribution in [3.8, 4) is 11.9 Å². The van der Waals surface area contributed by atoms with Crippen LogP contribution in [0.1, 0.15) is 5.56 Å². The number of methoxy groups -OCH3 is 1. The third-order valence-electron chi connectivity index (χ3n) is 1.22. The zero-order valence-corrected chi connectivity index (χ0v) is 6.73. The van der Waals surface area contributed by atoms with E-state index in [1.807, 2.05) is 6.07 Å². The van der Waals surface area contributed by atoms with Gasteiger partial charge in [-0.3, -0.25) is 0 Å². The van der Waals surface area contributed by atoms with Crippen molar-refractivity contribution < 1.29 is 4.74 Å². The summed E-state index contributed by atoms with van der Waals surface area (Å²) in [6.07, 6.45) is 0. The van der Waals surface area contributed by atoms with E-state index in [9.17, 15) is 0 Å². The van der Waals surface area contributed by atoms with Gasteiger partial charge in [0.1, 0.15) is 10.7 Å². The number of hydrogen-bond donors (Lipinski definition) is 1. The predicted octanol–water partition coefficient (Wildman–Crippen LogP) is 1.62. The maximum Gasteiger partial charge on any atom is 0.191 e. The number of hydrogen-bond acceptors (Lipinski definition) is 3. The van der Waals surface area contributed by atoms with E-state index in [0.29, 0.717) is 16.1 Å². The lowest BCUT2D eigenvalue weighted by atomic mass is 10.3. The molecule has 1 rings (SSSR count). The Kier molecular flexibility index (Phi) is 2.24. The highest BCUT2D eigenvalue weighted by Crippen LogP contribution is 2.07. The normalized spacial score (nSPS) is 8.73. The summed E-state index contributed by atoms with van der Waals surface area (Å²) in [6.45, 7) is 0. The Morgan fingerprint density at radius 1 is 1.64 bits per heavy atom. The first-order chi connectivity index (χ1) is 5.27. The molecule has 0 bridgehead atoms. The summed E-state index contributed by atoms with van der Waals surface area (Å²) >= 11 is 4.85. The number of H-pyrrole nitrogens is 1. The lowest BCUT2D eigenvalue weighted by molar-refractivity contribution is 0.397. The number of aromatic nitrogens is 1. The second-order valence-corrected chi connectivity index (χ2v) is 2.29. The molecule has 0 unspecified atom stereocenters. The number of rotatable bonds is 1. The van der Waals surface area contributed by atoms with E-state index < -0.39 is 0 Å². The summed E-state index contributed by atoms with van der Waals surface area (Å²) in [5.74, 6) is 0.564. The fraction of sp³-hybridized carbons (Fsp3) is 0.143. The first kappa shape index (κ1) is 7.76. The van der Waals surface area contributed by atoms with E-state index >= 15 is 0 Å². The molecule has 3 nitrogen and oxygen atoms in total. The molecule has 1 aromatic heterocycles. The fourth-order valence-electron chi connectivity index (χ4n) is 0.663. The monoisotopic (exact) mass is 166 g/mol. The Labute approximate surface area is 69.2 Å². The van der Waals surface area contributed by atoms with Crippen LogP contribution in [0.2, 0.25) is 0 Å². The SMILES string of the molecule is COc1ccc(C#N)c(=S)[nH]1. The van der Waals surface area contributed by atoms with Gasteiger partial charge in [0, 0.05) is 0 Å². The van der Waals surface area contributed by atoms with Crippen molar-refractivity contribution in [2.24, 2.45) is 0 Å². The van der Waals surface area contributed by atoms with Crippen LogP contribution in [0.4, 0.5) is 0 Å². The summed E-state index contributed by atoms with van der Waals surface area (Å²) in [5.41, 5.74) is 0.459. The Bertz CT molecular complexity index is 350. The highest BCUT2D eigenvalue weighted by Gasteiger charge is 1.94. The lowest BCUT2D eigenvalue weighted by Gasteiger charge is -1.97. The number of ether oxygens (including phenoxy) is 1. The van der Waals surface area contributed by atoms with Gasteiger partial charge in [-0.2, -0.15) is 5.26 Å². The molecular formula is C7H6N2OS. The molecular weight excluding hydrogens is 160 g/mol. The number of nitrogens with zero attached hydrogens (tertiary/aromatic N) is 1. The van der Waals surface area contributed by atoms with Crippen molar-refractivity contribution >= 4 is 12.2 Å². The summed E-state index contributed by atoms with van der Waals surface area (Å²) in [5, 5.41) is 8.50. The number of nitriles is 1. The molecule has 0 saturated heterocycles. The Morgan fingerprint density at radius 2 is 2.36 bits per heavy atom. The van der Waals surface area contributed by atoms with E-state index in [0.717, 1.165) is 0 Å². The Hall–Kier alpha value is -1.34. The van der Waals surface area contributed by atoms with Crippen LogP contribution in [-0.2, 0) is 0 Å². The molecule has 0 aliphatic heterocycles. The van der Waals surface area contributed by atoms with Crippen LogP contribution in [0.15, 0.2) is 12.1 Å². The van der Waals surface area contributed by atoms with E-state index in [1.165, 1.54) is 7.11 Å². The van der Waals surface area contributed by atoms with Crippen LogP contribution in [-0.4, -0.2) is 12.1 Å². The maximum absolute atomic E-state index is 8.50. The average Bonchev–Trinajstić information content (AvgIpc) is 2.04. The lowest BCUT2D eigenvalue weighted by Crippen LogP contribution is -1.88. The van der Waals surface area contributed by atoms with Gasteiger partial charge >= 0.3 is 0 Å². The summed E-state index contributed by atoms with van der Waals surface area (Å²) in [4.78, 5) is 2.75. The van der Waals surface area contributed by atoms with Crippen LogP contribution < -0.4 is 4.74 Å². The minimum Gasteiger partial charge on any atom is -0.482 e. The van der Waals surface area contributed by atoms with Crippen LogP contribution in [0.3, 0.4) is 0 Å². The van der Waals surface area contributed by atoms with Crippen LogP contribution >= 0.6 is 12.2 Å². The van der Waals surface area contributed by atoms with Gasteiger partial charge in [-0.1, -0.05) is 12.2 Å². The molecule has 0 aromatic carbocycles. The highest BCUT2D eigenvalue weighted by molar-refractivity contribution is 7.71. The molecule has 0 saturated carbocycles. The Balaban J connectivity index is 3.23. The summed E-state index contributed by atoms with van der Waals surface area (Å²) < 4.78 is 5.27. The molecule has 1 N–H and O–H groups in total. The van der Waals surface area contributed by atoms with Crippen molar-refractivity contribution in [2.75, 3.05) is 7.11 Å². The smallest absolute Gasteiger partial charge is 0.191 e. The van der Waals surface area contributed by atoms with Gasteiger partial charge in [0.15, 0.2) is 5.88 Å². The van der Waals surface area contributed by atoms with E-state index in [-0.39, 0.29) is 0 Å². The van der Waals surface area contributed by atoms with Crippen molar-refractivity contribution in [3.63, 3.8) is 0 Å². The number of pyridine rings is 1. The molecule has 0 radical (unpaired) electrons. The molecule has 56 valence electrons. The van der Waals surface area contributed by atoms with Crippen molar-refractivity contribution in [1.82, 2.24) is 4.98 Å². The van der Waals surface area contributed by atoms with Crippen molar-refractivity contribution in [2.45, 2.75) is 0 Å². The maximum atomic E-state index is 8.50. The number of aromatic amines is 1. The molecule has 1 heterocycles. The van der Waals surface area contributed by atoms with Gasteiger partial charge in [-0.15, -0.1) is 0 Å². The Morgan fingerprint density at radius 3 is 2.82 bits per heavy atom. The minimum atomic E-state index is 0.409. The largest absolute Gasteiger partial charge is 0.482 e. The van der Waals surface area contributed by atoms with Crippen LogP contribution in [0, 0.1) is 16.0 Å². The third kappa shape index (κ3) is 1.57. The zero-order valence-electron chi connectivity index (χ0n) is 5.92. The quantitative estimate of drug-likeness (QED) is 0.645. The average molecular weight is 166 g/mol. The van der Waals surface area contributed by atoms with Gasteiger partial charge in [-0.25, -0.2) is 0 Å². The van der Waals surface area contributed by atoms with Gasteiger partial charge in [0.05, 0.1) is 12.7 Å². The van der Waals surface area contributed by atoms with Crippen molar-refractivity contribution in [3.05, 3.63) is 22.3 Å². The van der Waals surface area contributed by atoms with Gasteiger partial charge < -0.3 is 9.72 Å². The molecule has 0 spiro atoms. The fourth-order valence-corrected chi connectivity index (χ4v) is 0.877. The molecule has 0 fully saturated rings. The van der Waals surface area contributed by atoms with Gasteiger partial charge in [-0.05, 0) is 12.1 Å². The number of nitrogens with one attached hydrogen (secondary N) is 1. The molecule has 0 aliphatic rings. The van der Waals surface area contributed by atoms with Gasteiger partial charge in [0.25, 0.3) is 0 Å². The molecule has 0 aliphatic carbocycles. The van der Waals surface area contributed by atoms with Crippen LogP contribution in [0.25, 0.3) is 0 Å². The van der Waals surface area contributed by atoms with E-state index in [4.69, 9.17) is 22.2 Å². The summed E-state index contributed by atoms with van der Waals surface area (Å²) in [6, 6.07) is 5.24.